The summed E-state index contributed by atoms with van der Waals surface area (Å²) < 4.78 is 13.3. The monoisotopic (exact) mass is 255 g/mol. The van der Waals surface area contributed by atoms with Crippen LogP contribution >= 0.6 is 15.9 Å². The molecule has 1 aromatic rings. The van der Waals surface area contributed by atoms with Crippen LogP contribution in [0.1, 0.15) is 17.5 Å². The summed E-state index contributed by atoms with van der Waals surface area (Å²) in [7, 11) is 0. The Morgan fingerprint density at radius 2 is 2.21 bits per heavy atom. The number of hydrogen-bond donors (Lipinski definition) is 1. The molecule has 0 fully saturated rings. The normalized spacial score (nSPS) is 9.36. The van der Waals surface area contributed by atoms with Gasteiger partial charge in [0, 0.05) is 17.4 Å². The van der Waals surface area contributed by atoms with E-state index in [0.29, 0.717) is 17.7 Å². The minimum absolute atomic E-state index is 0.352. The summed E-state index contributed by atoms with van der Waals surface area (Å²) in [6.45, 7) is 1.84. The molecule has 0 aliphatic heterocycles. The van der Waals surface area contributed by atoms with Gasteiger partial charge in [0.15, 0.2) is 0 Å². The van der Waals surface area contributed by atoms with Crippen molar-refractivity contribution in [3.63, 3.8) is 0 Å². The van der Waals surface area contributed by atoms with Gasteiger partial charge in [-0.2, -0.15) is 0 Å². The Labute approximate surface area is 91.6 Å². The maximum absolute atomic E-state index is 13.3. The Kier molecular flexibility index (Phi) is 3.97. The van der Waals surface area contributed by atoms with Crippen molar-refractivity contribution in [3.05, 3.63) is 29.1 Å². The highest BCUT2D eigenvalue weighted by atomic mass is 79.9. The molecule has 14 heavy (non-hydrogen) atoms. The van der Waals surface area contributed by atoms with E-state index >= 15 is 0 Å². The predicted molar refractivity (Wildman–Crippen MR) is 60.8 cm³/mol. The molecule has 0 aromatic heterocycles. The minimum Gasteiger partial charge on any atom is -0.398 e. The highest BCUT2D eigenvalue weighted by Crippen LogP contribution is 2.16. The fourth-order valence-electron chi connectivity index (χ4n) is 0.998. The van der Waals surface area contributed by atoms with Gasteiger partial charge in [-0.15, -0.1) is 0 Å². The molecule has 0 saturated heterocycles. The maximum atomic E-state index is 13.3. The van der Waals surface area contributed by atoms with Crippen LogP contribution in [0.15, 0.2) is 12.1 Å². The first-order valence-corrected chi connectivity index (χ1v) is 5.37. The van der Waals surface area contributed by atoms with Gasteiger partial charge in [-0.1, -0.05) is 27.8 Å². The van der Waals surface area contributed by atoms with Crippen LogP contribution in [0.2, 0.25) is 0 Å². The van der Waals surface area contributed by atoms with Gasteiger partial charge < -0.3 is 5.73 Å². The SMILES string of the molecule is Cc1cc(C#CCCBr)c(F)cc1N. The van der Waals surface area contributed by atoms with E-state index in [-0.39, 0.29) is 5.82 Å². The summed E-state index contributed by atoms with van der Waals surface area (Å²) in [6.07, 6.45) is 0.711. The molecule has 1 rings (SSSR count). The smallest absolute Gasteiger partial charge is 0.140 e. The second-order valence-corrected chi connectivity index (χ2v) is 3.72. The summed E-state index contributed by atoms with van der Waals surface area (Å²) in [5, 5.41) is 0.801. The first-order chi connectivity index (χ1) is 6.65. The zero-order chi connectivity index (χ0) is 10.6. The third kappa shape index (κ3) is 2.74. The van der Waals surface area contributed by atoms with Crippen LogP contribution in [-0.4, -0.2) is 5.33 Å². The van der Waals surface area contributed by atoms with Crippen molar-refractivity contribution in [2.75, 3.05) is 11.1 Å². The minimum atomic E-state index is -0.352. The lowest BCUT2D eigenvalue weighted by Gasteiger charge is -2.01. The van der Waals surface area contributed by atoms with E-state index in [2.05, 4.69) is 27.8 Å². The van der Waals surface area contributed by atoms with Crippen molar-refractivity contribution >= 4 is 21.6 Å². The number of halogens is 2. The molecule has 0 amide bonds. The Bertz CT molecular complexity index is 390. The van der Waals surface area contributed by atoms with Crippen LogP contribution in [0, 0.1) is 24.6 Å². The molecule has 0 saturated carbocycles. The molecule has 0 heterocycles. The fraction of sp³-hybridized carbons (Fsp3) is 0.273. The van der Waals surface area contributed by atoms with Gasteiger partial charge in [-0.05, 0) is 24.6 Å². The molecule has 3 heteroatoms. The predicted octanol–water partition coefficient (Wildman–Crippen LogP) is 2.85. The summed E-state index contributed by atoms with van der Waals surface area (Å²) >= 11 is 3.25. The Hall–Kier alpha value is -1.01. The zero-order valence-corrected chi connectivity index (χ0v) is 9.49. The van der Waals surface area contributed by atoms with Crippen molar-refractivity contribution < 1.29 is 4.39 Å². The Morgan fingerprint density at radius 1 is 1.50 bits per heavy atom. The van der Waals surface area contributed by atoms with Gasteiger partial charge in [0.05, 0.1) is 5.56 Å². The highest BCUT2D eigenvalue weighted by Gasteiger charge is 2.02. The van der Waals surface area contributed by atoms with Crippen LogP contribution in [0.3, 0.4) is 0 Å². The number of nitrogen functional groups attached to an aromatic ring is 1. The molecule has 0 spiro atoms. The van der Waals surface area contributed by atoms with Gasteiger partial charge in [0.1, 0.15) is 5.82 Å². The summed E-state index contributed by atoms with van der Waals surface area (Å²) in [4.78, 5) is 0. The number of benzene rings is 1. The molecule has 2 N–H and O–H groups in total. The van der Waals surface area contributed by atoms with Crippen LogP contribution in [0.5, 0.6) is 0 Å². The quantitative estimate of drug-likeness (QED) is 0.466. The molecule has 0 bridgehead atoms. The molecule has 0 atom stereocenters. The molecule has 1 aromatic carbocycles. The summed E-state index contributed by atoms with van der Waals surface area (Å²) in [5.74, 6) is 5.28. The molecule has 74 valence electrons. The van der Waals surface area contributed by atoms with E-state index in [1.165, 1.54) is 6.07 Å². The molecule has 0 aliphatic carbocycles. The van der Waals surface area contributed by atoms with Crippen LogP contribution in [-0.2, 0) is 0 Å². The average molecular weight is 256 g/mol. The van der Waals surface area contributed by atoms with Crippen LogP contribution in [0.25, 0.3) is 0 Å². The van der Waals surface area contributed by atoms with E-state index in [4.69, 9.17) is 5.73 Å². The van der Waals surface area contributed by atoms with E-state index in [1.54, 1.807) is 6.07 Å². The maximum Gasteiger partial charge on any atom is 0.140 e. The third-order valence-electron chi connectivity index (χ3n) is 1.80. The first-order valence-electron chi connectivity index (χ1n) is 4.25. The van der Waals surface area contributed by atoms with E-state index in [0.717, 1.165) is 10.9 Å². The van der Waals surface area contributed by atoms with E-state index in [9.17, 15) is 4.39 Å². The third-order valence-corrected chi connectivity index (χ3v) is 2.19. The summed E-state index contributed by atoms with van der Waals surface area (Å²) in [5.41, 5.74) is 7.29. The largest absolute Gasteiger partial charge is 0.398 e. The van der Waals surface area contributed by atoms with Crippen molar-refractivity contribution in [2.45, 2.75) is 13.3 Å². The molecular formula is C11H11BrFN. The van der Waals surface area contributed by atoms with E-state index < -0.39 is 0 Å². The lowest BCUT2D eigenvalue weighted by atomic mass is 10.1. The lowest BCUT2D eigenvalue weighted by molar-refractivity contribution is 0.624. The number of alkyl halides is 1. The number of hydrogen-bond acceptors (Lipinski definition) is 1. The first kappa shape index (κ1) is 11.1. The number of aryl methyl sites for hydroxylation is 1. The zero-order valence-electron chi connectivity index (χ0n) is 7.90. The second kappa shape index (κ2) is 5.02. The van der Waals surface area contributed by atoms with Gasteiger partial charge in [-0.3, -0.25) is 0 Å². The van der Waals surface area contributed by atoms with Crippen molar-refractivity contribution in [2.24, 2.45) is 0 Å². The number of nitrogens with two attached hydrogens (primary N) is 1. The van der Waals surface area contributed by atoms with E-state index in [1.807, 2.05) is 6.92 Å². The molecule has 1 nitrogen and oxygen atoms in total. The average Bonchev–Trinajstić information content (AvgIpc) is 2.14. The Balaban J connectivity index is 3.00. The topological polar surface area (TPSA) is 26.0 Å². The van der Waals surface area contributed by atoms with Crippen molar-refractivity contribution in [1.29, 1.82) is 0 Å². The molecular weight excluding hydrogens is 245 g/mol. The van der Waals surface area contributed by atoms with Crippen molar-refractivity contribution in [3.8, 4) is 11.8 Å². The molecule has 0 radical (unpaired) electrons. The summed E-state index contributed by atoms with van der Waals surface area (Å²) in [6, 6.07) is 2.99. The fourth-order valence-corrected chi connectivity index (χ4v) is 1.20. The van der Waals surface area contributed by atoms with Crippen molar-refractivity contribution in [1.82, 2.24) is 0 Å². The lowest BCUT2D eigenvalue weighted by Crippen LogP contribution is -1.93. The van der Waals surface area contributed by atoms with Crippen LogP contribution in [0.4, 0.5) is 10.1 Å². The van der Waals surface area contributed by atoms with Gasteiger partial charge in [-0.25, -0.2) is 4.39 Å². The molecule has 0 unspecified atom stereocenters. The second-order valence-electron chi connectivity index (χ2n) is 2.93. The van der Waals surface area contributed by atoms with Gasteiger partial charge >= 0.3 is 0 Å². The van der Waals surface area contributed by atoms with Crippen LogP contribution < -0.4 is 5.73 Å². The van der Waals surface area contributed by atoms with Gasteiger partial charge in [0.2, 0.25) is 0 Å². The molecule has 0 aliphatic rings. The standard InChI is InChI=1S/C11H11BrFN/c1-8-6-9(4-2-3-5-12)10(13)7-11(8)14/h6-7H,3,5,14H2,1H3. The number of rotatable bonds is 1. The Morgan fingerprint density at radius 3 is 2.86 bits per heavy atom. The van der Waals surface area contributed by atoms with Gasteiger partial charge in [0.25, 0.3) is 0 Å². The number of anilines is 1. The highest BCUT2D eigenvalue weighted by molar-refractivity contribution is 9.09.